The molecule has 1 unspecified atom stereocenters. The van der Waals surface area contributed by atoms with Crippen LogP contribution in [0, 0.1) is 16.7 Å². The third-order valence-corrected chi connectivity index (χ3v) is 8.73. The van der Waals surface area contributed by atoms with E-state index in [0.29, 0.717) is 50.8 Å². The fourth-order valence-corrected chi connectivity index (χ4v) is 6.55. The molecule has 4 rings (SSSR count). The highest BCUT2D eigenvalue weighted by Crippen LogP contribution is 2.52. The molecule has 0 amide bonds. The molecule has 0 saturated heterocycles. The molecule has 188 valence electrons. The van der Waals surface area contributed by atoms with E-state index in [2.05, 4.69) is 16.3 Å². The van der Waals surface area contributed by atoms with E-state index in [1.54, 1.807) is 30.0 Å². The van der Waals surface area contributed by atoms with E-state index >= 15 is 0 Å². The van der Waals surface area contributed by atoms with Gasteiger partial charge in [-0.05, 0) is 30.4 Å². The van der Waals surface area contributed by atoms with Crippen molar-refractivity contribution in [2.24, 2.45) is 11.1 Å². The molecular weight excluding hydrogens is 541 g/mol. The third-order valence-electron chi connectivity index (χ3n) is 5.88. The van der Waals surface area contributed by atoms with E-state index in [1.807, 2.05) is 13.8 Å². The first-order chi connectivity index (χ1) is 17.1. The Morgan fingerprint density at radius 3 is 2.81 bits per heavy atom. The smallest absolute Gasteiger partial charge is 0.316 e. The number of nitrogens with zero attached hydrogens (tertiary/aromatic N) is 4. The Morgan fingerprint density at radius 2 is 2.11 bits per heavy atom. The number of carbonyl (C=O) groups excluding carboxylic acids is 2. The minimum absolute atomic E-state index is 0.0889. The Morgan fingerprint density at radius 1 is 1.36 bits per heavy atom. The van der Waals surface area contributed by atoms with Crippen molar-refractivity contribution in [3.05, 3.63) is 56.5 Å². The summed E-state index contributed by atoms with van der Waals surface area (Å²) in [4.78, 5) is 27.0. The lowest BCUT2D eigenvalue weighted by molar-refractivity contribution is -0.139. The number of nitriles is 1. The highest BCUT2D eigenvalue weighted by Gasteiger charge is 2.46. The first-order valence-electron chi connectivity index (χ1n) is 11.1. The number of carbonyl (C=O) groups is 2. The second kappa shape index (κ2) is 10.4. The Bertz CT molecular complexity index is 1350. The molecule has 0 radical (unpaired) electrons. The third kappa shape index (κ3) is 4.98. The fraction of sp³-hybridized carbons (Fsp3) is 0.375. The molecule has 8 nitrogen and oxygen atoms in total. The zero-order valence-corrected chi connectivity index (χ0v) is 22.9. The van der Waals surface area contributed by atoms with E-state index < -0.39 is 5.92 Å². The molecule has 0 fully saturated rings. The first kappa shape index (κ1) is 26.5. The van der Waals surface area contributed by atoms with E-state index in [4.69, 9.17) is 33.7 Å². The maximum Gasteiger partial charge on any atom is 0.316 e. The van der Waals surface area contributed by atoms with Crippen LogP contribution in [0.15, 0.2) is 45.2 Å². The van der Waals surface area contributed by atoms with Gasteiger partial charge < -0.3 is 10.5 Å². The number of hydrogen-bond donors (Lipinski definition) is 1. The van der Waals surface area contributed by atoms with Gasteiger partial charge in [0, 0.05) is 17.7 Å². The number of esters is 1. The number of rotatable bonds is 6. The van der Waals surface area contributed by atoms with Gasteiger partial charge in [-0.15, -0.1) is 10.2 Å². The molecule has 1 aromatic carbocycles. The van der Waals surface area contributed by atoms with Crippen LogP contribution in [-0.2, 0) is 14.3 Å². The number of halogens is 2. The summed E-state index contributed by atoms with van der Waals surface area (Å²) in [7, 11) is 0. The summed E-state index contributed by atoms with van der Waals surface area (Å²) in [5.74, 6) is -0.947. The molecule has 1 aliphatic carbocycles. The van der Waals surface area contributed by atoms with Crippen LogP contribution in [0.4, 0.5) is 5.13 Å². The Labute approximate surface area is 227 Å². The quantitative estimate of drug-likeness (QED) is 0.361. The number of thioether (sulfide) groups is 1. The Balaban J connectivity index is 1.84. The molecule has 2 aliphatic rings. The predicted molar refractivity (Wildman–Crippen MR) is 141 cm³/mol. The minimum atomic E-state index is -0.748. The maximum atomic E-state index is 13.6. The van der Waals surface area contributed by atoms with Crippen LogP contribution in [0.5, 0.6) is 0 Å². The number of Topliss-reactive ketones (excluding diaryl/α,β-unsaturated/α-hetero) is 1. The number of hydrogen-bond acceptors (Lipinski definition) is 10. The van der Waals surface area contributed by atoms with Crippen LogP contribution < -0.4 is 10.6 Å². The number of anilines is 1. The van der Waals surface area contributed by atoms with Gasteiger partial charge in [-0.1, -0.05) is 72.3 Å². The summed E-state index contributed by atoms with van der Waals surface area (Å²) in [6.45, 7) is 6.06. The van der Waals surface area contributed by atoms with E-state index in [0.717, 1.165) is 0 Å². The van der Waals surface area contributed by atoms with Crippen molar-refractivity contribution in [1.29, 1.82) is 5.26 Å². The van der Waals surface area contributed by atoms with Crippen LogP contribution in [0.1, 0.15) is 45.1 Å². The molecular formula is C24H23Cl2N5O3S2. The lowest BCUT2D eigenvalue weighted by Crippen LogP contribution is -2.42. The molecule has 0 spiro atoms. The van der Waals surface area contributed by atoms with Crippen LogP contribution in [-0.4, -0.2) is 34.3 Å². The van der Waals surface area contributed by atoms with E-state index in [-0.39, 0.29) is 39.3 Å². The molecule has 2 aromatic rings. The van der Waals surface area contributed by atoms with Crippen molar-refractivity contribution in [3.63, 3.8) is 0 Å². The Kier molecular flexibility index (Phi) is 7.67. The largest absolute Gasteiger partial charge is 0.465 e. The second-order valence-corrected chi connectivity index (χ2v) is 12.0. The van der Waals surface area contributed by atoms with Gasteiger partial charge in [0.1, 0.15) is 5.82 Å². The summed E-state index contributed by atoms with van der Waals surface area (Å²) in [6, 6.07) is 7.34. The first-order valence-corrected chi connectivity index (χ1v) is 13.7. The van der Waals surface area contributed by atoms with Crippen LogP contribution in [0.2, 0.25) is 10.0 Å². The zero-order valence-electron chi connectivity index (χ0n) is 19.8. The zero-order chi connectivity index (χ0) is 26.2. The summed E-state index contributed by atoms with van der Waals surface area (Å²) >= 11 is 15.3. The molecule has 1 atom stereocenters. The van der Waals surface area contributed by atoms with Crippen molar-refractivity contribution in [2.75, 3.05) is 17.3 Å². The molecule has 12 heteroatoms. The summed E-state index contributed by atoms with van der Waals surface area (Å²) in [5, 5.41) is 19.6. The lowest BCUT2D eigenvalue weighted by Gasteiger charge is -2.42. The molecule has 36 heavy (non-hydrogen) atoms. The maximum absolute atomic E-state index is 13.6. The molecule has 1 aromatic heterocycles. The molecule has 0 saturated carbocycles. The monoisotopic (exact) mass is 563 g/mol. The van der Waals surface area contributed by atoms with Gasteiger partial charge in [-0.2, -0.15) is 5.26 Å². The van der Waals surface area contributed by atoms with E-state index in [9.17, 15) is 14.9 Å². The number of aromatic nitrogens is 2. The molecule has 2 heterocycles. The lowest BCUT2D eigenvalue weighted by atomic mass is 9.68. The average Bonchev–Trinajstić information content (AvgIpc) is 3.27. The Hall–Kier alpha value is -2.58. The number of allylic oxidation sites excluding steroid dienone is 3. The van der Waals surface area contributed by atoms with Gasteiger partial charge in [0.2, 0.25) is 5.13 Å². The average molecular weight is 565 g/mol. The van der Waals surface area contributed by atoms with Crippen molar-refractivity contribution in [3.8, 4) is 6.07 Å². The van der Waals surface area contributed by atoms with Gasteiger partial charge in [0.05, 0.1) is 40.0 Å². The van der Waals surface area contributed by atoms with Gasteiger partial charge in [-0.25, -0.2) is 0 Å². The highest BCUT2D eigenvalue weighted by molar-refractivity contribution is 8.01. The topological polar surface area (TPSA) is 122 Å². The second-order valence-electron chi connectivity index (χ2n) is 9.07. The van der Waals surface area contributed by atoms with Crippen molar-refractivity contribution in [2.45, 2.75) is 43.9 Å². The van der Waals surface area contributed by atoms with Gasteiger partial charge in [0.15, 0.2) is 10.1 Å². The van der Waals surface area contributed by atoms with Crippen molar-refractivity contribution < 1.29 is 14.3 Å². The normalized spacial score (nSPS) is 19.3. The molecule has 0 bridgehead atoms. The standard InChI is InChI=1S/C24H23Cl2N5O3S2/c1-4-34-17(33)11-35-23-30-29-22(36-23)31-15-8-24(2,3)9-16(32)19(15)18(13(10-27)21(31)28)12-6-5-7-14(25)20(12)26/h5-7,18H,4,8-9,11,28H2,1-3H3. The van der Waals surface area contributed by atoms with Gasteiger partial charge >= 0.3 is 5.97 Å². The SMILES string of the molecule is CCOC(=O)CSc1nnc(N2C(N)=C(C#N)C(c3cccc(Cl)c3Cl)C3=C2CC(C)(C)CC3=O)s1. The number of ether oxygens (including phenoxy) is 1. The van der Waals surface area contributed by atoms with Crippen LogP contribution in [0.3, 0.4) is 0 Å². The van der Waals surface area contributed by atoms with Crippen LogP contribution >= 0.6 is 46.3 Å². The van der Waals surface area contributed by atoms with Crippen LogP contribution in [0.25, 0.3) is 0 Å². The summed E-state index contributed by atoms with van der Waals surface area (Å²) in [6.07, 6.45) is 0.830. The van der Waals surface area contributed by atoms with Crippen molar-refractivity contribution in [1.82, 2.24) is 10.2 Å². The number of benzene rings is 1. The number of ketones is 1. The summed E-state index contributed by atoms with van der Waals surface area (Å²) < 4.78 is 5.50. The van der Waals surface area contributed by atoms with Gasteiger partial charge in [-0.3, -0.25) is 14.5 Å². The molecule has 2 N–H and O–H groups in total. The number of nitrogens with two attached hydrogens (primary N) is 1. The molecule has 1 aliphatic heterocycles. The van der Waals surface area contributed by atoms with Crippen molar-refractivity contribution >= 4 is 63.2 Å². The highest BCUT2D eigenvalue weighted by atomic mass is 35.5. The van der Waals surface area contributed by atoms with E-state index in [1.165, 1.54) is 23.1 Å². The minimum Gasteiger partial charge on any atom is -0.465 e. The van der Waals surface area contributed by atoms with Gasteiger partial charge in [0.25, 0.3) is 0 Å². The fourth-order valence-electron chi connectivity index (χ4n) is 4.46. The summed E-state index contributed by atoms with van der Waals surface area (Å²) in [5.41, 5.74) is 8.12. The predicted octanol–water partition coefficient (Wildman–Crippen LogP) is 5.44.